The van der Waals surface area contributed by atoms with E-state index in [2.05, 4.69) is 25.8 Å². The van der Waals surface area contributed by atoms with Gasteiger partial charge >= 0.3 is 17.6 Å². The number of esters is 1. The van der Waals surface area contributed by atoms with Crippen LogP contribution in [0.1, 0.15) is 90.0 Å². The number of hydrogen-bond acceptors (Lipinski definition) is 7. The molecule has 5 fully saturated rings. The van der Waals surface area contributed by atoms with E-state index >= 15 is 0 Å². The van der Waals surface area contributed by atoms with Gasteiger partial charge in [0.15, 0.2) is 0 Å². The molecule has 43 heavy (non-hydrogen) atoms. The molecule has 0 spiro atoms. The molecule has 0 bridgehead atoms. The first-order chi connectivity index (χ1) is 20.4. The van der Waals surface area contributed by atoms with E-state index in [4.69, 9.17) is 9.15 Å². The second-order valence-corrected chi connectivity index (χ2v) is 15.1. The number of rotatable bonds is 3. The molecule has 4 aliphatic carbocycles. The Labute approximate surface area is 255 Å². The molecular weight excluding hydrogens is 546 g/mol. The lowest BCUT2D eigenvalue weighted by Crippen LogP contribution is -2.62. The summed E-state index contributed by atoms with van der Waals surface area (Å²) in [6.07, 6.45) is 9.30. The summed E-state index contributed by atoms with van der Waals surface area (Å²) in [4.78, 5) is 43.9. The SMILES string of the molecule is CC(=O)OC1CC2(O)C3CCC4CC(N(C)C(=O)N5CCCN(C)CC5)CCC4(C)C3CCC2(C)C1c1ccc(=O)oc1. The molecule has 1 aliphatic heterocycles. The smallest absolute Gasteiger partial charge is 0.335 e. The maximum atomic E-state index is 13.5. The van der Waals surface area contributed by atoms with Crippen LogP contribution in [0, 0.1) is 28.6 Å². The molecule has 1 N–H and O–H groups in total. The highest BCUT2D eigenvalue weighted by molar-refractivity contribution is 5.74. The number of nitrogens with zero attached hydrogens (tertiary/aromatic N) is 3. The Kier molecular flexibility index (Phi) is 7.98. The van der Waals surface area contributed by atoms with Gasteiger partial charge in [-0.15, -0.1) is 0 Å². The fourth-order valence-corrected chi connectivity index (χ4v) is 10.6. The van der Waals surface area contributed by atoms with Crippen LogP contribution in [-0.2, 0) is 9.53 Å². The van der Waals surface area contributed by atoms with Gasteiger partial charge in [-0.25, -0.2) is 9.59 Å². The third-order valence-electron chi connectivity index (χ3n) is 13.1. The lowest BCUT2D eigenvalue weighted by Gasteiger charge is -2.64. The zero-order valence-electron chi connectivity index (χ0n) is 26.7. The lowest BCUT2D eigenvalue weighted by atomic mass is 9.43. The Morgan fingerprint density at radius 3 is 2.56 bits per heavy atom. The van der Waals surface area contributed by atoms with Crippen LogP contribution in [0.25, 0.3) is 0 Å². The predicted molar refractivity (Wildman–Crippen MR) is 162 cm³/mol. The first-order valence-electron chi connectivity index (χ1n) is 16.6. The maximum Gasteiger partial charge on any atom is 0.335 e. The second-order valence-electron chi connectivity index (χ2n) is 15.1. The van der Waals surface area contributed by atoms with Crippen LogP contribution < -0.4 is 5.63 Å². The Balaban J connectivity index is 1.21. The van der Waals surface area contributed by atoms with Crippen molar-refractivity contribution >= 4 is 12.0 Å². The van der Waals surface area contributed by atoms with E-state index in [-0.39, 0.29) is 35.3 Å². The summed E-state index contributed by atoms with van der Waals surface area (Å²) < 4.78 is 11.2. The molecule has 1 aromatic heterocycles. The monoisotopic (exact) mass is 597 g/mol. The zero-order valence-corrected chi connectivity index (χ0v) is 26.7. The lowest BCUT2D eigenvalue weighted by molar-refractivity contribution is -0.203. The van der Waals surface area contributed by atoms with Crippen LogP contribution in [0.3, 0.4) is 0 Å². The predicted octanol–water partition coefficient (Wildman–Crippen LogP) is 4.48. The molecule has 5 aliphatic rings. The van der Waals surface area contributed by atoms with Crippen LogP contribution in [0.2, 0.25) is 0 Å². The molecule has 2 amide bonds. The van der Waals surface area contributed by atoms with Crippen molar-refractivity contribution < 1.29 is 23.8 Å². The van der Waals surface area contributed by atoms with Gasteiger partial charge < -0.3 is 29.0 Å². The average Bonchev–Trinajstić information content (AvgIpc) is 3.06. The third-order valence-corrected chi connectivity index (χ3v) is 13.1. The number of amides is 2. The molecule has 0 aromatic carbocycles. The van der Waals surface area contributed by atoms with Gasteiger partial charge in [0.05, 0.1) is 11.9 Å². The molecule has 0 radical (unpaired) electrons. The summed E-state index contributed by atoms with van der Waals surface area (Å²) in [7, 11) is 4.13. The van der Waals surface area contributed by atoms with E-state index in [1.165, 1.54) is 19.3 Å². The third kappa shape index (κ3) is 5.02. The molecule has 9 heteroatoms. The molecule has 9 atom stereocenters. The number of urea groups is 1. The molecule has 9 nitrogen and oxygen atoms in total. The summed E-state index contributed by atoms with van der Waals surface area (Å²) >= 11 is 0. The van der Waals surface area contributed by atoms with E-state index < -0.39 is 22.7 Å². The molecule has 238 valence electrons. The highest BCUT2D eigenvalue weighted by Crippen LogP contribution is 2.71. The van der Waals surface area contributed by atoms with Gasteiger partial charge in [0.1, 0.15) is 6.10 Å². The minimum atomic E-state index is -0.992. The summed E-state index contributed by atoms with van der Waals surface area (Å²) in [6, 6.07) is 3.61. The van der Waals surface area contributed by atoms with Gasteiger partial charge in [0.25, 0.3) is 0 Å². The Hall–Kier alpha value is -2.39. The fraction of sp³-hybridized carbons (Fsp3) is 0.794. The van der Waals surface area contributed by atoms with Crippen molar-refractivity contribution in [3.63, 3.8) is 0 Å². The number of ether oxygens (including phenoxy) is 1. The quantitative estimate of drug-likeness (QED) is 0.513. The Morgan fingerprint density at radius 1 is 1.05 bits per heavy atom. The first kappa shape index (κ1) is 30.6. The number of carbonyl (C=O) groups is 2. The van der Waals surface area contributed by atoms with E-state index in [1.807, 2.05) is 16.8 Å². The van der Waals surface area contributed by atoms with E-state index in [1.54, 1.807) is 6.07 Å². The van der Waals surface area contributed by atoms with Gasteiger partial charge in [0, 0.05) is 63.5 Å². The molecule has 1 saturated heterocycles. The zero-order chi connectivity index (χ0) is 30.7. The fourth-order valence-electron chi connectivity index (χ4n) is 10.6. The summed E-state index contributed by atoms with van der Waals surface area (Å²) in [6.45, 7) is 9.62. The highest BCUT2D eigenvalue weighted by atomic mass is 16.5. The topological polar surface area (TPSA) is 104 Å². The molecule has 9 unspecified atom stereocenters. The van der Waals surface area contributed by atoms with Gasteiger partial charge in [-0.05, 0) is 99.8 Å². The summed E-state index contributed by atoms with van der Waals surface area (Å²) in [5.41, 5.74) is -1.01. The van der Waals surface area contributed by atoms with Gasteiger partial charge in [-0.2, -0.15) is 0 Å². The standard InChI is InChI=1S/C34H51N3O6/c1-22(38)43-28-20-34(41)27-9-8-24-19-25(36(5)31(40)37-16-6-15-35(4)17-18-37)11-13-32(24,2)26(27)12-14-33(34,3)30(28)23-7-10-29(39)42-21-23/h7,10,21,24-28,30,41H,6,8-9,11-20H2,1-5H3. The number of likely N-dealkylation sites (N-methyl/N-ethyl adjacent to an activating group) is 1. The maximum absolute atomic E-state index is 13.5. The van der Waals surface area contributed by atoms with Crippen LogP contribution in [-0.4, -0.2) is 89.8 Å². The van der Waals surface area contributed by atoms with E-state index in [0.717, 1.165) is 83.1 Å². The van der Waals surface area contributed by atoms with Crippen molar-refractivity contribution in [2.75, 3.05) is 40.3 Å². The first-order valence-corrected chi connectivity index (χ1v) is 16.6. The van der Waals surface area contributed by atoms with E-state index in [0.29, 0.717) is 18.3 Å². The summed E-state index contributed by atoms with van der Waals surface area (Å²) in [5.74, 6) is 0.394. The van der Waals surface area contributed by atoms with Gasteiger partial charge in [-0.1, -0.05) is 13.8 Å². The average molecular weight is 598 g/mol. The molecule has 6 rings (SSSR count). The normalized spacial score (nSPS) is 41.4. The van der Waals surface area contributed by atoms with Crippen molar-refractivity contribution in [1.82, 2.24) is 14.7 Å². The number of fused-ring (bicyclic) bond motifs is 5. The minimum Gasteiger partial charge on any atom is -0.462 e. The van der Waals surface area contributed by atoms with Crippen molar-refractivity contribution in [3.05, 3.63) is 34.4 Å². The van der Waals surface area contributed by atoms with Crippen LogP contribution in [0.15, 0.2) is 27.6 Å². The Morgan fingerprint density at radius 2 is 1.84 bits per heavy atom. The van der Waals surface area contributed by atoms with Crippen molar-refractivity contribution in [1.29, 1.82) is 0 Å². The largest absolute Gasteiger partial charge is 0.462 e. The highest BCUT2D eigenvalue weighted by Gasteiger charge is 2.70. The van der Waals surface area contributed by atoms with E-state index in [9.17, 15) is 19.5 Å². The van der Waals surface area contributed by atoms with Gasteiger partial charge in [-0.3, -0.25) is 4.79 Å². The Bertz CT molecular complexity index is 1260. The van der Waals surface area contributed by atoms with Crippen LogP contribution in [0.5, 0.6) is 0 Å². The number of aliphatic hydroxyl groups is 1. The molecule has 2 heterocycles. The molecular formula is C34H51N3O6. The number of carbonyl (C=O) groups excluding carboxylic acids is 2. The number of hydrogen-bond donors (Lipinski definition) is 1. The van der Waals surface area contributed by atoms with Crippen LogP contribution in [0.4, 0.5) is 4.79 Å². The van der Waals surface area contributed by atoms with Crippen LogP contribution >= 0.6 is 0 Å². The van der Waals surface area contributed by atoms with Gasteiger partial charge in [0.2, 0.25) is 0 Å². The summed E-state index contributed by atoms with van der Waals surface area (Å²) in [5, 5.41) is 12.8. The van der Waals surface area contributed by atoms with Crippen molar-refractivity contribution in [2.45, 2.75) is 102 Å². The van der Waals surface area contributed by atoms with Crippen molar-refractivity contribution in [2.24, 2.45) is 28.6 Å². The molecule has 4 saturated carbocycles. The second kappa shape index (κ2) is 11.2. The van der Waals surface area contributed by atoms with Crippen molar-refractivity contribution in [3.8, 4) is 0 Å². The minimum absolute atomic E-state index is 0.0975. The molecule has 1 aromatic rings.